The predicted molar refractivity (Wildman–Crippen MR) is 78.6 cm³/mol. The number of alkyl halides is 3. The molecule has 1 unspecified atom stereocenters. The first kappa shape index (κ1) is 19.3. The SMILES string of the molecule is CC(Sc1ccccc1C(=O)NCCOCC(F)(F)F)C(=O)O. The largest absolute Gasteiger partial charge is 0.480 e. The standard InChI is InChI=1S/C14H16F3NO4S/c1-9(13(20)21)23-11-5-3-2-4-10(11)12(19)18-6-7-22-8-14(15,16)17/h2-5,9H,6-8H2,1H3,(H,18,19)(H,20,21). The van der Waals surface area contributed by atoms with Gasteiger partial charge >= 0.3 is 12.1 Å². The molecule has 128 valence electrons. The zero-order valence-electron chi connectivity index (χ0n) is 12.2. The highest BCUT2D eigenvalue weighted by atomic mass is 32.2. The van der Waals surface area contributed by atoms with Crippen molar-refractivity contribution in [1.82, 2.24) is 5.32 Å². The minimum Gasteiger partial charge on any atom is -0.480 e. The molecule has 0 spiro atoms. The molecule has 23 heavy (non-hydrogen) atoms. The molecule has 2 N–H and O–H groups in total. The van der Waals surface area contributed by atoms with Crippen molar-refractivity contribution in [2.75, 3.05) is 19.8 Å². The van der Waals surface area contributed by atoms with E-state index in [0.29, 0.717) is 4.90 Å². The second-order valence-electron chi connectivity index (χ2n) is 4.52. The van der Waals surface area contributed by atoms with Crippen molar-refractivity contribution in [3.8, 4) is 0 Å². The molecule has 5 nitrogen and oxygen atoms in total. The molecule has 0 aliphatic rings. The Morgan fingerprint density at radius 3 is 2.61 bits per heavy atom. The fourth-order valence-corrected chi connectivity index (χ4v) is 2.44. The minimum atomic E-state index is -4.40. The number of hydrogen-bond donors (Lipinski definition) is 2. The maximum Gasteiger partial charge on any atom is 0.411 e. The van der Waals surface area contributed by atoms with Gasteiger partial charge in [0.15, 0.2) is 0 Å². The molecular formula is C14H16F3NO4S. The lowest BCUT2D eigenvalue weighted by molar-refractivity contribution is -0.173. The number of nitrogens with one attached hydrogen (secondary N) is 1. The zero-order chi connectivity index (χ0) is 17.5. The van der Waals surface area contributed by atoms with E-state index in [2.05, 4.69) is 10.1 Å². The van der Waals surface area contributed by atoms with E-state index in [4.69, 9.17) is 5.11 Å². The van der Waals surface area contributed by atoms with Crippen molar-refractivity contribution >= 4 is 23.6 Å². The summed E-state index contributed by atoms with van der Waals surface area (Å²) >= 11 is 1.01. The van der Waals surface area contributed by atoms with Gasteiger partial charge in [-0.2, -0.15) is 13.2 Å². The van der Waals surface area contributed by atoms with Crippen LogP contribution in [0.5, 0.6) is 0 Å². The second kappa shape index (κ2) is 8.78. The number of halogens is 3. The average Bonchev–Trinajstić information content (AvgIpc) is 2.45. The molecule has 0 bridgehead atoms. The molecule has 1 amide bonds. The smallest absolute Gasteiger partial charge is 0.411 e. The summed E-state index contributed by atoms with van der Waals surface area (Å²) in [6, 6.07) is 6.41. The number of carbonyl (C=O) groups excluding carboxylic acids is 1. The number of thioether (sulfide) groups is 1. The van der Waals surface area contributed by atoms with Crippen LogP contribution < -0.4 is 5.32 Å². The van der Waals surface area contributed by atoms with E-state index in [1.807, 2.05) is 0 Å². The Labute approximate surface area is 135 Å². The minimum absolute atomic E-state index is 0.0810. The average molecular weight is 351 g/mol. The monoisotopic (exact) mass is 351 g/mol. The topological polar surface area (TPSA) is 75.6 Å². The number of amides is 1. The van der Waals surface area contributed by atoms with Crippen molar-refractivity contribution in [2.45, 2.75) is 23.2 Å². The third-order valence-corrected chi connectivity index (χ3v) is 3.75. The van der Waals surface area contributed by atoms with Crippen LogP contribution in [-0.2, 0) is 9.53 Å². The molecule has 9 heteroatoms. The molecule has 0 radical (unpaired) electrons. The summed E-state index contributed by atoms with van der Waals surface area (Å²) in [6.45, 7) is -0.230. The lowest BCUT2D eigenvalue weighted by Gasteiger charge is -2.12. The summed E-state index contributed by atoms with van der Waals surface area (Å²) < 4.78 is 40.0. The summed E-state index contributed by atoms with van der Waals surface area (Å²) in [7, 11) is 0. The highest BCUT2D eigenvalue weighted by Crippen LogP contribution is 2.26. The quantitative estimate of drug-likeness (QED) is 0.556. The van der Waals surface area contributed by atoms with Gasteiger partial charge in [-0.3, -0.25) is 9.59 Å². The highest BCUT2D eigenvalue weighted by Gasteiger charge is 2.27. The van der Waals surface area contributed by atoms with Gasteiger partial charge < -0.3 is 15.2 Å². The van der Waals surface area contributed by atoms with Gasteiger partial charge in [0.2, 0.25) is 0 Å². The third-order valence-electron chi connectivity index (χ3n) is 2.58. The zero-order valence-corrected chi connectivity index (χ0v) is 13.0. The van der Waals surface area contributed by atoms with Crippen LogP contribution in [0, 0.1) is 0 Å². The maximum absolute atomic E-state index is 12.0. The van der Waals surface area contributed by atoms with Crippen LogP contribution in [0.2, 0.25) is 0 Å². The fourth-order valence-electron chi connectivity index (χ4n) is 1.52. The highest BCUT2D eigenvalue weighted by molar-refractivity contribution is 8.00. The summed E-state index contributed by atoms with van der Waals surface area (Å²) in [4.78, 5) is 23.4. The number of benzene rings is 1. The van der Waals surface area contributed by atoms with Gasteiger partial charge in [-0.05, 0) is 19.1 Å². The first-order valence-electron chi connectivity index (χ1n) is 6.62. The number of hydrogen-bond acceptors (Lipinski definition) is 4. The molecule has 0 saturated heterocycles. The molecule has 0 saturated carbocycles. The fraction of sp³-hybridized carbons (Fsp3) is 0.429. The van der Waals surface area contributed by atoms with Crippen LogP contribution in [0.1, 0.15) is 17.3 Å². The van der Waals surface area contributed by atoms with E-state index in [1.54, 1.807) is 18.2 Å². The Kier molecular flexibility index (Phi) is 7.37. The molecule has 0 aliphatic heterocycles. The van der Waals surface area contributed by atoms with Crippen molar-refractivity contribution in [1.29, 1.82) is 0 Å². The van der Waals surface area contributed by atoms with Crippen LogP contribution in [0.25, 0.3) is 0 Å². The van der Waals surface area contributed by atoms with E-state index in [1.165, 1.54) is 13.0 Å². The van der Waals surface area contributed by atoms with Crippen LogP contribution in [0.3, 0.4) is 0 Å². The molecule has 1 aromatic rings. The van der Waals surface area contributed by atoms with E-state index < -0.39 is 29.9 Å². The summed E-state index contributed by atoms with van der Waals surface area (Å²) in [6.07, 6.45) is -4.40. The van der Waals surface area contributed by atoms with Crippen LogP contribution in [0.4, 0.5) is 13.2 Å². The summed E-state index contributed by atoms with van der Waals surface area (Å²) in [5.41, 5.74) is 0.265. The molecule has 0 heterocycles. The molecule has 1 aromatic carbocycles. The van der Waals surface area contributed by atoms with E-state index >= 15 is 0 Å². The van der Waals surface area contributed by atoms with Gasteiger partial charge in [-0.1, -0.05) is 12.1 Å². The summed E-state index contributed by atoms with van der Waals surface area (Å²) in [5, 5.41) is 10.6. The summed E-state index contributed by atoms with van der Waals surface area (Å²) in [5.74, 6) is -1.51. The lowest BCUT2D eigenvalue weighted by atomic mass is 10.2. The van der Waals surface area contributed by atoms with Gasteiger partial charge in [0.1, 0.15) is 11.9 Å². The Hall–Kier alpha value is -1.74. The van der Waals surface area contributed by atoms with Crippen LogP contribution in [0.15, 0.2) is 29.2 Å². The number of carboxylic acid groups (broad SMARTS) is 1. The molecular weight excluding hydrogens is 335 g/mol. The van der Waals surface area contributed by atoms with Crippen molar-refractivity contribution in [3.63, 3.8) is 0 Å². The number of aliphatic carboxylic acids is 1. The third kappa shape index (κ3) is 7.38. The van der Waals surface area contributed by atoms with Gasteiger partial charge in [0, 0.05) is 11.4 Å². The van der Waals surface area contributed by atoms with Crippen molar-refractivity contribution in [2.24, 2.45) is 0 Å². The van der Waals surface area contributed by atoms with Gasteiger partial charge in [0.05, 0.1) is 12.2 Å². The Balaban J connectivity index is 2.54. The van der Waals surface area contributed by atoms with E-state index in [-0.39, 0.29) is 18.7 Å². The molecule has 0 aromatic heterocycles. The van der Waals surface area contributed by atoms with Gasteiger partial charge in [0.25, 0.3) is 5.91 Å². The Morgan fingerprint density at radius 1 is 1.35 bits per heavy atom. The number of carboxylic acids is 1. The number of carbonyl (C=O) groups is 2. The normalized spacial score (nSPS) is 12.7. The number of ether oxygens (including phenoxy) is 1. The first-order chi connectivity index (χ1) is 10.7. The molecule has 0 aliphatic carbocycles. The Bertz CT molecular complexity index is 551. The molecule has 0 fully saturated rings. The van der Waals surface area contributed by atoms with Crippen molar-refractivity contribution in [3.05, 3.63) is 29.8 Å². The van der Waals surface area contributed by atoms with Gasteiger partial charge in [-0.25, -0.2) is 0 Å². The molecule has 1 rings (SSSR count). The van der Waals surface area contributed by atoms with Crippen LogP contribution in [-0.4, -0.2) is 48.2 Å². The van der Waals surface area contributed by atoms with Crippen LogP contribution >= 0.6 is 11.8 Å². The second-order valence-corrected chi connectivity index (χ2v) is 5.90. The van der Waals surface area contributed by atoms with Gasteiger partial charge in [-0.15, -0.1) is 11.8 Å². The van der Waals surface area contributed by atoms with E-state index in [0.717, 1.165) is 11.8 Å². The van der Waals surface area contributed by atoms with E-state index in [9.17, 15) is 22.8 Å². The Morgan fingerprint density at radius 2 is 2.00 bits per heavy atom. The van der Waals surface area contributed by atoms with Crippen molar-refractivity contribution < 1.29 is 32.6 Å². The first-order valence-corrected chi connectivity index (χ1v) is 7.50. The number of rotatable bonds is 8. The lowest BCUT2D eigenvalue weighted by Crippen LogP contribution is -2.29. The maximum atomic E-state index is 12.0. The molecule has 1 atom stereocenters. The predicted octanol–water partition coefficient (Wildman–Crippen LogP) is 2.56.